The number of hydrogen-bond acceptors (Lipinski definition) is 5. The van der Waals surface area contributed by atoms with Crippen molar-refractivity contribution in [2.75, 3.05) is 7.05 Å². The van der Waals surface area contributed by atoms with E-state index in [9.17, 15) is 9.18 Å². The Kier molecular flexibility index (Phi) is 6.08. The van der Waals surface area contributed by atoms with Gasteiger partial charge in [0.1, 0.15) is 5.82 Å². The summed E-state index contributed by atoms with van der Waals surface area (Å²) in [6.07, 6.45) is 0. The molecule has 0 aliphatic carbocycles. The zero-order valence-corrected chi connectivity index (χ0v) is 16.3. The minimum Gasteiger partial charge on any atom is -0.340 e. The van der Waals surface area contributed by atoms with Gasteiger partial charge in [-0.3, -0.25) is 4.79 Å². The molecule has 3 rings (SSSR count). The van der Waals surface area contributed by atoms with E-state index in [0.717, 1.165) is 11.3 Å². The molecule has 27 heavy (non-hydrogen) atoms. The van der Waals surface area contributed by atoms with Crippen LogP contribution in [-0.2, 0) is 11.3 Å². The van der Waals surface area contributed by atoms with Crippen LogP contribution in [0.4, 0.5) is 4.39 Å². The first-order valence-electron chi connectivity index (χ1n) is 8.14. The smallest absolute Gasteiger partial charge is 0.235 e. The van der Waals surface area contributed by atoms with Crippen molar-refractivity contribution in [3.8, 4) is 5.69 Å². The third-order valence-electron chi connectivity index (χ3n) is 3.83. The summed E-state index contributed by atoms with van der Waals surface area (Å²) < 4.78 is 14.9. The number of carbonyl (C=O) groups excluding carboxylic acids is 1. The second-order valence-corrected chi connectivity index (χ2v) is 7.68. The van der Waals surface area contributed by atoms with E-state index in [1.165, 1.54) is 23.9 Å². The summed E-state index contributed by atoms with van der Waals surface area (Å²) in [5.41, 5.74) is 1.48. The summed E-state index contributed by atoms with van der Waals surface area (Å²) >= 11 is 7.16. The Morgan fingerprint density at radius 2 is 2.04 bits per heavy atom. The maximum absolute atomic E-state index is 13.3. The SMILES string of the molecule is CC(Sc1nnnn1-c1ccc(Cl)cc1)C(=O)N(C)Cc1cccc(F)c1. The first kappa shape index (κ1) is 19.3. The lowest BCUT2D eigenvalue weighted by atomic mass is 10.2. The van der Waals surface area contributed by atoms with Gasteiger partial charge >= 0.3 is 0 Å². The second kappa shape index (κ2) is 8.49. The third kappa shape index (κ3) is 4.84. The number of benzene rings is 2. The molecule has 0 spiro atoms. The number of rotatable bonds is 6. The van der Waals surface area contributed by atoms with Gasteiger partial charge in [-0.25, -0.2) is 4.39 Å². The van der Waals surface area contributed by atoms with Crippen LogP contribution in [-0.4, -0.2) is 43.3 Å². The van der Waals surface area contributed by atoms with Gasteiger partial charge in [0.25, 0.3) is 0 Å². The van der Waals surface area contributed by atoms with Crippen LogP contribution >= 0.6 is 23.4 Å². The van der Waals surface area contributed by atoms with E-state index in [2.05, 4.69) is 15.5 Å². The van der Waals surface area contributed by atoms with Crippen LogP contribution in [0.25, 0.3) is 5.69 Å². The van der Waals surface area contributed by atoms with Crippen LogP contribution in [0.5, 0.6) is 0 Å². The summed E-state index contributed by atoms with van der Waals surface area (Å²) in [6, 6.07) is 13.3. The van der Waals surface area contributed by atoms with Crippen LogP contribution in [0, 0.1) is 5.82 Å². The van der Waals surface area contributed by atoms with Gasteiger partial charge in [-0.2, -0.15) is 4.68 Å². The fourth-order valence-electron chi connectivity index (χ4n) is 2.50. The van der Waals surface area contributed by atoms with Crippen molar-refractivity contribution in [3.05, 3.63) is 64.9 Å². The number of nitrogens with zero attached hydrogens (tertiary/aromatic N) is 5. The average molecular weight is 406 g/mol. The van der Waals surface area contributed by atoms with Gasteiger partial charge in [0.2, 0.25) is 11.1 Å². The van der Waals surface area contributed by atoms with Gasteiger partial charge in [0.05, 0.1) is 10.9 Å². The summed E-state index contributed by atoms with van der Waals surface area (Å²) in [4.78, 5) is 14.2. The first-order valence-corrected chi connectivity index (χ1v) is 9.40. The highest BCUT2D eigenvalue weighted by molar-refractivity contribution is 8.00. The Hall–Kier alpha value is -2.45. The molecule has 2 aromatic carbocycles. The lowest BCUT2D eigenvalue weighted by molar-refractivity contribution is -0.129. The summed E-state index contributed by atoms with van der Waals surface area (Å²) in [5.74, 6) is -0.423. The number of amides is 1. The van der Waals surface area contributed by atoms with Crippen molar-refractivity contribution in [1.82, 2.24) is 25.1 Å². The van der Waals surface area contributed by atoms with Gasteiger partial charge < -0.3 is 4.90 Å². The van der Waals surface area contributed by atoms with Crippen LogP contribution in [0.2, 0.25) is 5.02 Å². The van der Waals surface area contributed by atoms with Crippen LogP contribution in [0.3, 0.4) is 0 Å². The second-order valence-electron chi connectivity index (χ2n) is 5.93. The summed E-state index contributed by atoms with van der Waals surface area (Å²) in [6.45, 7) is 2.11. The van der Waals surface area contributed by atoms with Crippen LogP contribution < -0.4 is 0 Å². The summed E-state index contributed by atoms with van der Waals surface area (Å²) in [7, 11) is 1.69. The highest BCUT2D eigenvalue weighted by Gasteiger charge is 2.22. The Labute approximate surface area is 165 Å². The van der Waals surface area contributed by atoms with Gasteiger partial charge in [0.15, 0.2) is 0 Å². The molecule has 9 heteroatoms. The molecule has 3 aromatic rings. The van der Waals surface area contributed by atoms with E-state index in [-0.39, 0.29) is 11.7 Å². The van der Waals surface area contributed by atoms with Crippen LogP contribution in [0.1, 0.15) is 12.5 Å². The highest BCUT2D eigenvalue weighted by Crippen LogP contribution is 2.25. The minimum absolute atomic E-state index is 0.102. The van der Waals surface area contributed by atoms with Crippen molar-refractivity contribution in [1.29, 1.82) is 0 Å². The Morgan fingerprint density at radius 1 is 1.30 bits per heavy atom. The third-order valence-corrected chi connectivity index (χ3v) is 5.10. The maximum atomic E-state index is 13.3. The molecule has 1 atom stereocenters. The molecular weight excluding hydrogens is 389 g/mol. The monoisotopic (exact) mass is 405 g/mol. The molecule has 0 aliphatic rings. The minimum atomic E-state index is -0.416. The standard InChI is InChI=1S/C18H17ClFN5OS/c1-12(17(26)24(2)11-13-4-3-5-15(20)10-13)27-18-21-22-23-25(18)16-8-6-14(19)7-9-16/h3-10,12H,11H2,1-2H3. The fraction of sp³-hybridized carbons (Fsp3) is 0.222. The Bertz CT molecular complexity index is 934. The van der Waals surface area contributed by atoms with Crippen molar-refractivity contribution >= 4 is 29.3 Å². The molecule has 0 bridgehead atoms. The van der Waals surface area contributed by atoms with E-state index in [1.807, 2.05) is 0 Å². The van der Waals surface area contributed by atoms with Crippen molar-refractivity contribution in [2.45, 2.75) is 23.9 Å². The zero-order valence-electron chi connectivity index (χ0n) is 14.7. The molecule has 1 heterocycles. The molecule has 0 radical (unpaired) electrons. The van der Waals surface area contributed by atoms with E-state index < -0.39 is 5.25 Å². The van der Waals surface area contributed by atoms with E-state index in [4.69, 9.17) is 11.6 Å². The average Bonchev–Trinajstić information content (AvgIpc) is 3.09. The van der Waals surface area contributed by atoms with Gasteiger partial charge in [0, 0.05) is 18.6 Å². The Morgan fingerprint density at radius 3 is 2.74 bits per heavy atom. The number of thioether (sulfide) groups is 1. The normalized spacial score (nSPS) is 12.0. The van der Waals surface area contributed by atoms with Crippen molar-refractivity contribution in [3.63, 3.8) is 0 Å². The highest BCUT2D eigenvalue weighted by atomic mass is 35.5. The molecule has 0 aliphatic heterocycles. The predicted octanol–water partition coefficient (Wildman–Crippen LogP) is 3.59. The zero-order chi connectivity index (χ0) is 19.4. The van der Waals surface area contributed by atoms with Crippen LogP contribution in [0.15, 0.2) is 53.7 Å². The molecule has 6 nitrogen and oxygen atoms in total. The molecule has 0 saturated carbocycles. The topological polar surface area (TPSA) is 63.9 Å². The molecule has 0 fully saturated rings. The molecule has 0 saturated heterocycles. The van der Waals surface area contributed by atoms with Gasteiger partial charge in [-0.1, -0.05) is 35.5 Å². The Balaban J connectivity index is 1.68. The molecule has 1 aromatic heterocycles. The van der Waals surface area contributed by atoms with E-state index in [1.54, 1.807) is 60.0 Å². The maximum Gasteiger partial charge on any atom is 0.235 e. The van der Waals surface area contributed by atoms with Gasteiger partial charge in [-0.15, -0.1) is 5.10 Å². The number of halogens is 2. The van der Waals surface area contributed by atoms with Gasteiger partial charge in [-0.05, 0) is 59.3 Å². The summed E-state index contributed by atoms with van der Waals surface area (Å²) in [5, 5.41) is 12.4. The van der Waals surface area contributed by atoms with Crippen molar-refractivity contribution < 1.29 is 9.18 Å². The predicted molar refractivity (Wildman–Crippen MR) is 102 cm³/mol. The lowest BCUT2D eigenvalue weighted by Crippen LogP contribution is -2.33. The van der Waals surface area contributed by atoms with Crippen molar-refractivity contribution in [2.24, 2.45) is 0 Å². The number of carbonyl (C=O) groups is 1. The fourth-order valence-corrected chi connectivity index (χ4v) is 3.55. The molecule has 1 unspecified atom stereocenters. The molecule has 140 valence electrons. The molecular formula is C18H17ClFN5OS. The number of hydrogen-bond donors (Lipinski definition) is 0. The van der Waals surface area contributed by atoms with E-state index in [0.29, 0.717) is 16.7 Å². The number of aromatic nitrogens is 4. The molecule has 1 amide bonds. The molecule has 0 N–H and O–H groups in total. The number of tetrazole rings is 1. The van der Waals surface area contributed by atoms with E-state index >= 15 is 0 Å². The quantitative estimate of drug-likeness (QED) is 0.586. The lowest BCUT2D eigenvalue weighted by Gasteiger charge is -2.21. The first-order chi connectivity index (χ1) is 12.9. The largest absolute Gasteiger partial charge is 0.340 e.